The van der Waals surface area contributed by atoms with Crippen LogP contribution in [0.3, 0.4) is 0 Å². The lowest BCUT2D eigenvalue weighted by molar-refractivity contribution is -0.136. The van der Waals surface area contributed by atoms with Gasteiger partial charge in [-0.05, 0) is 60.1 Å². The van der Waals surface area contributed by atoms with Crippen LogP contribution >= 0.6 is 67.6 Å². The van der Waals surface area contributed by atoms with Gasteiger partial charge in [-0.1, -0.05) is 46.0 Å². The van der Waals surface area contributed by atoms with Gasteiger partial charge in [0.1, 0.15) is 8.64 Å². The maximum Gasteiger partial charge on any atom is 0.304 e. The van der Waals surface area contributed by atoms with Crippen molar-refractivity contribution in [1.82, 2.24) is 9.80 Å². The molecule has 0 radical (unpaired) electrons. The van der Waals surface area contributed by atoms with Crippen molar-refractivity contribution in [3.8, 4) is 0 Å². The zero-order valence-corrected chi connectivity index (χ0v) is 19.7. The van der Waals surface area contributed by atoms with Crippen molar-refractivity contribution in [3.05, 3.63) is 0 Å². The van der Waals surface area contributed by atoms with Gasteiger partial charge in [0.15, 0.2) is 0 Å². The van der Waals surface area contributed by atoms with E-state index < -0.39 is 5.97 Å². The van der Waals surface area contributed by atoms with Crippen molar-refractivity contribution in [3.63, 3.8) is 0 Å². The fourth-order valence-electron chi connectivity index (χ4n) is 2.84. The van der Waals surface area contributed by atoms with E-state index in [1.807, 2.05) is 0 Å². The minimum atomic E-state index is -0.754. The molecule has 0 spiro atoms. The number of rotatable bonds is 7. The number of piperidine rings is 2. The topological polar surface area (TPSA) is 43.8 Å². The SMILES string of the molecule is O=C(O)CC(CSSC(=S)N1CCCCC1)SSC(=S)N1CCCCC1. The molecule has 2 rings (SSSR count). The lowest BCUT2D eigenvalue weighted by Crippen LogP contribution is -2.32. The quantitative estimate of drug-likeness (QED) is 0.400. The first-order valence-corrected chi connectivity index (χ1v) is 14.3. The third-order valence-electron chi connectivity index (χ3n) is 4.27. The van der Waals surface area contributed by atoms with Crippen molar-refractivity contribution in [2.45, 2.75) is 50.2 Å². The molecule has 0 saturated carbocycles. The Morgan fingerprint density at radius 2 is 1.38 bits per heavy atom. The summed E-state index contributed by atoms with van der Waals surface area (Å²) in [6.07, 6.45) is 7.56. The maximum atomic E-state index is 11.2. The number of likely N-dealkylation sites (tertiary alicyclic amines) is 2. The lowest BCUT2D eigenvalue weighted by atomic mass is 10.1. The fourth-order valence-corrected chi connectivity index (χ4v) is 9.11. The molecule has 10 heteroatoms. The van der Waals surface area contributed by atoms with Crippen molar-refractivity contribution in [2.75, 3.05) is 31.9 Å². The number of nitrogens with zero attached hydrogens (tertiary/aromatic N) is 2. The highest BCUT2D eigenvalue weighted by Crippen LogP contribution is 2.37. The van der Waals surface area contributed by atoms with E-state index in [1.165, 1.54) is 38.5 Å². The summed E-state index contributed by atoms with van der Waals surface area (Å²) in [6, 6.07) is 0. The van der Waals surface area contributed by atoms with E-state index in [2.05, 4.69) is 9.80 Å². The van der Waals surface area contributed by atoms with E-state index in [-0.39, 0.29) is 11.7 Å². The van der Waals surface area contributed by atoms with Crippen molar-refractivity contribution < 1.29 is 9.90 Å². The Morgan fingerprint density at radius 1 is 0.885 bits per heavy atom. The van der Waals surface area contributed by atoms with E-state index in [9.17, 15) is 9.90 Å². The standard InChI is InChI=1S/C16H26N2O2S6/c19-14(20)11-13(24-26-16(22)18-9-5-2-6-10-18)12-23-25-15(21)17-7-3-1-4-8-17/h13H,1-12H2,(H,19,20). The lowest BCUT2D eigenvalue weighted by Gasteiger charge is -2.29. The number of aliphatic carboxylic acids is 1. The molecule has 2 fully saturated rings. The number of carboxylic acids is 1. The summed E-state index contributed by atoms with van der Waals surface area (Å²) in [5.41, 5.74) is 0. The first kappa shape index (κ1) is 22.9. The predicted molar refractivity (Wildman–Crippen MR) is 127 cm³/mol. The monoisotopic (exact) mass is 470 g/mol. The summed E-state index contributed by atoms with van der Waals surface area (Å²) >= 11 is 11.0. The molecule has 1 atom stereocenters. The van der Waals surface area contributed by atoms with Crippen LogP contribution in [-0.2, 0) is 4.79 Å². The van der Waals surface area contributed by atoms with Gasteiger partial charge in [0.05, 0.1) is 6.42 Å². The number of carboxylic acid groups (broad SMARTS) is 1. The molecule has 1 unspecified atom stereocenters. The van der Waals surface area contributed by atoms with Crippen LogP contribution in [0.15, 0.2) is 0 Å². The Bertz CT molecular complexity index is 481. The minimum Gasteiger partial charge on any atom is -0.481 e. The molecule has 2 saturated heterocycles. The van der Waals surface area contributed by atoms with Gasteiger partial charge in [-0.25, -0.2) is 0 Å². The number of hydrogen-bond acceptors (Lipinski definition) is 7. The van der Waals surface area contributed by atoms with Gasteiger partial charge >= 0.3 is 5.97 Å². The second kappa shape index (κ2) is 13.0. The highest BCUT2D eigenvalue weighted by molar-refractivity contribution is 8.85. The predicted octanol–water partition coefficient (Wildman–Crippen LogP) is 5.13. The molecule has 0 aromatic carbocycles. The largest absolute Gasteiger partial charge is 0.481 e. The normalized spacial score (nSPS) is 19.2. The molecule has 1 N–H and O–H groups in total. The summed E-state index contributed by atoms with van der Waals surface area (Å²) in [4.78, 5) is 15.7. The Labute approximate surface area is 183 Å². The Balaban J connectivity index is 1.70. The van der Waals surface area contributed by atoms with E-state index >= 15 is 0 Å². The maximum absolute atomic E-state index is 11.2. The Kier molecular flexibility index (Phi) is 11.5. The van der Waals surface area contributed by atoms with Gasteiger partial charge in [0, 0.05) is 37.2 Å². The van der Waals surface area contributed by atoms with Crippen molar-refractivity contribution in [1.29, 1.82) is 0 Å². The van der Waals surface area contributed by atoms with Gasteiger partial charge in [-0.2, -0.15) is 0 Å². The van der Waals surface area contributed by atoms with Crippen LogP contribution in [0.2, 0.25) is 0 Å². The number of carbonyl (C=O) groups is 1. The summed E-state index contributed by atoms with van der Waals surface area (Å²) in [7, 11) is 6.45. The molecule has 0 aromatic rings. The second-order valence-corrected chi connectivity index (χ2v) is 12.5. The number of hydrogen-bond donors (Lipinski definition) is 1. The van der Waals surface area contributed by atoms with Crippen LogP contribution in [0.25, 0.3) is 0 Å². The van der Waals surface area contributed by atoms with Gasteiger partial charge in [0.25, 0.3) is 0 Å². The van der Waals surface area contributed by atoms with Gasteiger partial charge < -0.3 is 14.9 Å². The van der Waals surface area contributed by atoms with Gasteiger partial charge in [-0.15, -0.1) is 0 Å². The highest BCUT2D eigenvalue weighted by atomic mass is 33.1. The molecule has 2 aliphatic rings. The molecule has 148 valence electrons. The van der Waals surface area contributed by atoms with E-state index in [1.54, 1.807) is 43.2 Å². The average Bonchev–Trinajstić information content (AvgIpc) is 2.66. The third-order valence-corrected chi connectivity index (χ3v) is 11.1. The van der Waals surface area contributed by atoms with Crippen LogP contribution in [0.5, 0.6) is 0 Å². The molecule has 2 heterocycles. The van der Waals surface area contributed by atoms with Crippen LogP contribution < -0.4 is 0 Å². The molecule has 0 aliphatic carbocycles. The fraction of sp³-hybridized carbons (Fsp3) is 0.812. The third kappa shape index (κ3) is 8.77. The Morgan fingerprint density at radius 3 is 1.88 bits per heavy atom. The Hall–Kier alpha value is 0.650. The van der Waals surface area contributed by atoms with Crippen LogP contribution in [0.4, 0.5) is 0 Å². The van der Waals surface area contributed by atoms with Crippen LogP contribution in [-0.4, -0.2) is 66.7 Å². The van der Waals surface area contributed by atoms with E-state index in [0.717, 1.165) is 40.6 Å². The average molecular weight is 471 g/mol. The molecular weight excluding hydrogens is 445 g/mol. The van der Waals surface area contributed by atoms with Crippen LogP contribution in [0, 0.1) is 0 Å². The molecule has 26 heavy (non-hydrogen) atoms. The minimum absolute atomic E-state index is 0.0295. The summed E-state index contributed by atoms with van der Waals surface area (Å²) in [5.74, 6) is 0.00166. The highest BCUT2D eigenvalue weighted by Gasteiger charge is 2.20. The molecule has 4 nitrogen and oxygen atoms in total. The summed E-state index contributed by atoms with van der Waals surface area (Å²) in [6.45, 7) is 4.18. The van der Waals surface area contributed by atoms with Crippen molar-refractivity contribution in [2.24, 2.45) is 0 Å². The zero-order valence-electron chi connectivity index (χ0n) is 14.8. The van der Waals surface area contributed by atoms with Crippen LogP contribution in [0.1, 0.15) is 44.9 Å². The van der Waals surface area contributed by atoms with Gasteiger partial charge in [-0.3, -0.25) is 4.79 Å². The molecule has 2 aliphatic heterocycles. The van der Waals surface area contributed by atoms with E-state index in [4.69, 9.17) is 24.4 Å². The smallest absolute Gasteiger partial charge is 0.304 e. The van der Waals surface area contributed by atoms with Crippen molar-refractivity contribution >= 4 is 82.2 Å². The summed E-state index contributed by atoms with van der Waals surface area (Å²) in [5, 5.41) is 9.22. The molecule has 0 aromatic heterocycles. The molecule has 0 amide bonds. The molecule has 0 bridgehead atoms. The first-order valence-electron chi connectivity index (χ1n) is 8.98. The van der Waals surface area contributed by atoms with Gasteiger partial charge in [0.2, 0.25) is 0 Å². The first-order chi connectivity index (χ1) is 12.6. The van der Waals surface area contributed by atoms with E-state index in [0.29, 0.717) is 0 Å². The number of thiocarbonyl (C=S) groups is 2. The zero-order chi connectivity index (χ0) is 18.8. The molecular formula is C16H26N2O2S6. The second-order valence-electron chi connectivity index (χ2n) is 6.39. The summed E-state index contributed by atoms with van der Waals surface area (Å²) < 4.78 is 1.83.